The van der Waals surface area contributed by atoms with E-state index in [0.29, 0.717) is 22.5 Å². The third-order valence-corrected chi connectivity index (χ3v) is 5.75. The zero-order valence-corrected chi connectivity index (χ0v) is 17.4. The topological polar surface area (TPSA) is 73.1 Å². The monoisotopic (exact) mass is 416 g/mol. The maximum atomic E-state index is 6.22. The van der Waals surface area contributed by atoms with Crippen molar-refractivity contribution in [2.45, 2.75) is 31.0 Å². The molecule has 0 bridgehead atoms. The van der Waals surface area contributed by atoms with Gasteiger partial charge >= 0.3 is 0 Å². The van der Waals surface area contributed by atoms with Gasteiger partial charge in [-0.15, -0.1) is 10.2 Å². The first kappa shape index (κ1) is 18.7. The molecule has 1 aliphatic rings. The Morgan fingerprint density at radius 2 is 1.80 bits per heavy atom. The van der Waals surface area contributed by atoms with E-state index in [9.17, 15) is 0 Å². The summed E-state index contributed by atoms with van der Waals surface area (Å²) in [5, 5.41) is 12.7. The second-order valence-corrected chi connectivity index (χ2v) is 8.10. The lowest BCUT2D eigenvalue weighted by Crippen LogP contribution is -2.16. The van der Waals surface area contributed by atoms with E-state index in [4.69, 9.17) is 9.15 Å². The molecule has 0 saturated carbocycles. The van der Waals surface area contributed by atoms with E-state index in [0.717, 1.165) is 22.8 Å². The summed E-state index contributed by atoms with van der Waals surface area (Å²) < 4.78 is 12.0. The van der Waals surface area contributed by atoms with Gasteiger partial charge in [-0.05, 0) is 37.6 Å². The van der Waals surface area contributed by atoms with Crippen LogP contribution in [0.1, 0.15) is 28.9 Å². The summed E-state index contributed by atoms with van der Waals surface area (Å²) in [6, 6.07) is 20.2. The number of aromatic nitrogens is 3. The van der Waals surface area contributed by atoms with Crippen LogP contribution in [0, 0.1) is 13.8 Å². The maximum Gasteiger partial charge on any atom is 0.247 e. The number of nitrogens with one attached hydrogen (secondary N) is 1. The zero-order valence-electron chi connectivity index (χ0n) is 16.6. The lowest BCUT2D eigenvalue weighted by atomic mass is 10.1. The molecule has 0 radical (unpaired) electrons. The molecule has 1 atom stereocenters. The Morgan fingerprint density at radius 1 is 0.967 bits per heavy atom. The Balaban J connectivity index is 1.47. The standard InChI is InChI=1S/C23H20N4O2S/c1-14-7-10-16(11-8-14)13-30-23-25-22-20(26-27-23)17-5-3-4-6-18(17)24-21(29-22)19-12-9-15(2)28-19/h3-12,21,24H,13H2,1-2H3. The van der Waals surface area contributed by atoms with Gasteiger partial charge in [0.1, 0.15) is 5.76 Å². The molecule has 0 aliphatic carbocycles. The molecule has 5 rings (SSSR count). The van der Waals surface area contributed by atoms with Crippen molar-refractivity contribution in [2.75, 3.05) is 5.32 Å². The molecular weight excluding hydrogens is 396 g/mol. The number of benzene rings is 2. The molecule has 2 aromatic carbocycles. The second kappa shape index (κ2) is 7.84. The van der Waals surface area contributed by atoms with Crippen LogP contribution in [0.4, 0.5) is 5.69 Å². The predicted octanol–water partition coefficient (Wildman–Crippen LogP) is 5.54. The van der Waals surface area contributed by atoms with Crippen molar-refractivity contribution in [3.8, 4) is 17.1 Å². The molecule has 3 heterocycles. The highest BCUT2D eigenvalue weighted by atomic mass is 32.2. The summed E-state index contributed by atoms with van der Waals surface area (Å²) in [5.74, 6) is 2.70. The van der Waals surface area contributed by atoms with Crippen LogP contribution in [0.15, 0.2) is 70.2 Å². The number of nitrogens with zero attached hydrogens (tertiary/aromatic N) is 3. The summed E-state index contributed by atoms with van der Waals surface area (Å²) in [7, 11) is 0. The third-order valence-electron chi connectivity index (χ3n) is 4.84. The first-order valence-corrected chi connectivity index (χ1v) is 10.7. The van der Waals surface area contributed by atoms with Gasteiger partial charge in [0.25, 0.3) is 0 Å². The fraction of sp³-hybridized carbons (Fsp3) is 0.174. The smallest absolute Gasteiger partial charge is 0.247 e. The maximum absolute atomic E-state index is 6.22. The van der Waals surface area contributed by atoms with Gasteiger partial charge in [0.15, 0.2) is 11.5 Å². The highest BCUT2D eigenvalue weighted by Crippen LogP contribution is 2.39. The quantitative estimate of drug-likeness (QED) is 0.438. The van der Waals surface area contributed by atoms with Gasteiger partial charge in [-0.25, -0.2) is 0 Å². The molecule has 2 aromatic heterocycles. The molecule has 30 heavy (non-hydrogen) atoms. The van der Waals surface area contributed by atoms with Crippen LogP contribution in [0.3, 0.4) is 0 Å². The molecule has 150 valence electrons. The van der Waals surface area contributed by atoms with Crippen molar-refractivity contribution in [1.82, 2.24) is 15.2 Å². The fourth-order valence-corrected chi connectivity index (χ4v) is 4.00. The van der Waals surface area contributed by atoms with Crippen LogP contribution >= 0.6 is 11.8 Å². The molecule has 7 heteroatoms. The molecule has 0 amide bonds. The van der Waals surface area contributed by atoms with Crippen molar-refractivity contribution in [2.24, 2.45) is 0 Å². The van der Waals surface area contributed by atoms with Gasteiger partial charge in [0.05, 0.1) is 0 Å². The lowest BCUT2D eigenvalue weighted by molar-refractivity contribution is 0.194. The number of para-hydroxylation sites is 1. The van der Waals surface area contributed by atoms with Crippen LogP contribution in [-0.4, -0.2) is 15.2 Å². The highest BCUT2D eigenvalue weighted by molar-refractivity contribution is 7.98. The van der Waals surface area contributed by atoms with Gasteiger partial charge in [-0.3, -0.25) is 0 Å². The summed E-state index contributed by atoms with van der Waals surface area (Å²) in [4.78, 5) is 4.67. The molecule has 0 spiro atoms. The minimum atomic E-state index is -0.507. The van der Waals surface area contributed by atoms with E-state index in [2.05, 4.69) is 51.7 Å². The molecule has 6 nitrogen and oxygen atoms in total. The summed E-state index contributed by atoms with van der Waals surface area (Å²) in [6.07, 6.45) is -0.507. The average molecular weight is 417 g/mol. The van der Waals surface area contributed by atoms with Crippen molar-refractivity contribution in [3.63, 3.8) is 0 Å². The first-order chi connectivity index (χ1) is 14.7. The number of hydrogen-bond acceptors (Lipinski definition) is 7. The number of rotatable bonds is 4. The number of ether oxygens (including phenoxy) is 1. The average Bonchev–Trinajstić information content (AvgIpc) is 3.12. The number of aryl methyl sites for hydroxylation is 2. The van der Waals surface area contributed by atoms with Crippen molar-refractivity contribution in [1.29, 1.82) is 0 Å². The second-order valence-electron chi connectivity index (χ2n) is 7.16. The van der Waals surface area contributed by atoms with Crippen LogP contribution < -0.4 is 10.1 Å². The van der Waals surface area contributed by atoms with Crippen molar-refractivity contribution in [3.05, 3.63) is 83.3 Å². The number of fused-ring (bicyclic) bond motifs is 3. The Hall–Kier alpha value is -3.32. The zero-order chi connectivity index (χ0) is 20.5. The predicted molar refractivity (Wildman–Crippen MR) is 116 cm³/mol. The van der Waals surface area contributed by atoms with Gasteiger partial charge in [-0.2, -0.15) is 4.98 Å². The fourth-order valence-electron chi connectivity index (χ4n) is 3.26. The van der Waals surface area contributed by atoms with Gasteiger partial charge in [-0.1, -0.05) is 59.8 Å². The highest BCUT2D eigenvalue weighted by Gasteiger charge is 2.27. The molecule has 1 aliphatic heterocycles. The third kappa shape index (κ3) is 3.76. The number of anilines is 1. The van der Waals surface area contributed by atoms with Gasteiger partial charge in [0, 0.05) is 17.0 Å². The first-order valence-electron chi connectivity index (χ1n) is 9.68. The molecule has 0 fully saturated rings. The lowest BCUT2D eigenvalue weighted by Gasteiger charge is -2.16. The Labute approximate surface area is 178 Å². The minimum absolute atomic E-state index is 0.438. The van der Waals surface area contributed by atoms with E-state index < -0.39 is 6.23 Å². The van der Waals surface area contributed by atoms with E-state index in [1.807, 2.05) is 43.3 Å². The molecule has 1 N–H and O–H groups in total. The van der Waals surface area contributed by atoms with E-state index in [-0.39, 0.29) is 0 Å². The Kier molecular flexibility index (Phi) is 4.88. The summed E-state index contributed by atoms with van der Waals surface area (Å²) in [5.41, 5.74) is 4.86. The SMILES string of the molecule is Cc1ccc(CSc2nnc3c(n2)OC(c2ccc(C)o2)Nc2ccccc2-3)cc1. The van der Waals surface area contributed by atoms with Gasteiger partial charge < -0.3 is 14.5 Å². The van der Waals surface area contributed by atoms with Crippen LogP contribution in [0.25, 0.3) is 11.3 Å². The Bertz CT molecular complexity index is 1190. The minimum Gasteiger partial charge on any atom is -0.460 e. The van der Waals surface area contributed by atoms with E-state index in [1.165, 1.54) is 22.9 Å². The van der Waals surface area contributed by atoms with Crippen LogP contribution in [-0.2, 0) is 5.75 Å². The molecular formula is C23H20N4O2S. The van der Waals surface area contributed by atoms with Crippen molar-refractivity contribution >= 4 is 17.4 Å². The summed E-state index contributed by atoms with van der Waals surface area (Å²) in [6.45, 7) is 3.99. The number of thioether (sulfide) groups is 1. The molecule has 1 unspecified atom stereocenters. The van der Waals surface area contributed by atoms with Gasteiger partial charge in [0.2, 0.25) is 17.3 Å². The van der Waals surface area contributed by atoms with Crippen molar-refractivity contribution < 1.29 is 9.15 Å². The number of hydrogen-bond donors (Lipinski definition) is 1. The Morgan fingerprint density at radius 3 is 2.60 bits per heavy atom. The largest absolute Gasteiger partial charge is 0.460 e. The molecule has 4 aromatic rings. The molecule has 0 saturated heterocycles. The number of furan rings is 1. The van der Waals surface area contributed by atoms with Crippen LogP contribution in [0.2, 0.25) is 0 Å². The van der Waals surface area contributed by atoms with E-state index in [1.54, 1.807) is 0 Å². The normalized spacial score (nSPS) is 14.8. The van der Waals surface area contributed by atoms with Crippen LogP contribution in [0.5, 0.6) is 5.88 Å². The summed E-state index contributed by atoms with van der Waals surface area (Å²) >= 11 is 1.53. The van der Waals surface area contributed by atoms with E-state index >= 15 is 0 Å².